The smallest absolute Gasteiger partial charge is 0.307 e. The molecule has 0 N–H and O–H groups in total. The lowest BCUT2D eigenvalue weighted by molar-refractivity contribution is 0.307. The lowest BCUT2D eigenvalue weighted by Gasteiger charge is -2.15. The third-order valence-corrected chi connectivity index (χ3v) is 2.87. The summed E-state index contributed by atoms with van der Waals surface area (Å²) in [4.78, 5) is 0. The van der Waals surface area contributed by atoms with Gasteiger partial charge in [0.25, 0.3) is 0 Å². The Labute approximate surface area is 67.0 Å². The van der Waals surface area contributed by atoms with E-state index in [0.717, 1.165) is 0 Å². The second-order valence-corrected chi connectivity index (χ2v) is 4.18. The van der Waals surface area contributed by atoms with Crippen molar-refractivity contribution in [2.45, 2.75) is 6.92 Å². The van der Waals surface area contributed by atoms with Crippen molar-refractivity contribution in [2.24, 2.45) is 0 Å². The lowest BCUT2D eigenvalue weighted by atomic mass is 10.9. The maximum atomic E-state index is 11.2. The van der Waals surface area contributed by atoms with Crippen molar-refractivity contribution in [3.8, 4) is 5.81 Å². The summed E-state index contributed by atoms with van der Waals surface area (Å²) in [5.74, 6) is 1.64. The van der Waals surface area contributed by atoms with Gasteiger partial charge >= 0.3 is 7.52 Å². The van der Waals surface area contributed by atoms with Crippen LogP contribution in [0, 0.1) is 11.1 Å². The van der Waals surface area contributed by atoms with Crippen LogP contribution in [0.2, 0.25) is 0 Å². The Bertz CT molecular complexity index is 187. The minimum absolute atomic E-state index is 0. The van der Waals surface area contributed by atoms with Crippen LogP contribution >= 0.6 is 7.52 Å². The van der Waals surface area contributed by atoms with Crippen LogP contribution in [-0.2, 0) is 9.09 Å². The molecule has 0 aromatic rings. The maximum Gasteiger partial charge on any atom is 0.370 e. The SMILES string of the molecule is CCOP(=O)(C#N)N(C)C.[N]. The summed E-state index contributed by atoms with van der Waals surface area (Å²) in [7, 11) is -0.0229. The standard InChI is InChI=1S/C5H11N2O2P.N/c1-4-9-10(8,5-6)7(2)3;/h4H2,1-3H3;. The van der Waals surface area contributed by atoms with Gasteiger partial charge in [0.05, 0.1) is 6.61 Å². The van der Waals surface area contributed by atoms with Crippen LogP contribution in [0.4, 0.5) is 0 Å². The third-order valence-electron chi connectivity index (χ3n) is 0.957. The van der Waals surface area contributed by atoms with Crippen LogP contribution < -0.4 is 6.15 Å². The molecule has 0 spiro atoms. The molecule has 0 aromatic carbocycles. The van der Waals surface area contributed by atoms with E-state index in [9.17, 15) is 4.57 Å². The molecule has 0 aliphatic carbocycles. The van der Waals surface area contributed by atoms with Crippen molar-refractivity contribution in [3.63, 3.8) is 0 Å². The molecule has 0 bridgehead atoms. The molecule has 3 radical (unpaired) electrons. The summed E-state index contributed by atoms with van der Waals surface area (Å²) in [6.07, 6.45) is 0. The largest absolute Gasteiger partial charge is 0.370 e. The van der Waals surface area contributed by atoms with Crippen LogP contribution in [0.1, 0.15) is 6.92 Å². The highest BCUT2D eigenvalue weighted by Crippen LogP contribution is 2.46. The topological polar surface area (TPSA) is 83.8 Å². The van der Waals surface area contributed by atoms with Crippen LogP contribution in [0.3, 0.4) is 0 Å². The van der Waals surface area contributed by atoms with E-state index in [1.165, 1.54) is 4.67 Å². The summed E-state index contributed by atoms with van der Waals surface area (Å²) >= 11 is 0. The molecule has 5 nitrogen and oxygen atoms in total. The Kier molecular flexibility index (Phi) is 6.34. The van der Waals surface area contributed by atoms with E-state index >= 15 is 0 Å². The molecule has 1 unspecified atom stereocenters. The molecule has 63 valence electrons. The van der Waals surface area contributed by atoms with Gasteiger partial charge in [0.1, 0.15) is 0 Å². The summed E-state index contributed by atoms with van der Waals surface area (Å²) in [5, 5.41) is 8.41. The minimum Gasteiger partial charge on any atom is -0.307 e. The van der Waals surface area contributed by atoms with Gasteiger partial charge in [0.15, 0.2) is 5.81 Å². The fraction of sp³-hybridized carbons (Fsp3) is 0.800. The molecular weight excluding hydrogens is 165 g/mol. The Morgan fingerprint density at radius 3 is 2.18 bits per heavy atom. The summed E-state index contributed by atoms with van der Waals surface area (Å²) in [5.41, 5.74) is 0. The third kappa shape index (κ3) is 3.49. The van der Waals surface area contributed by atoms with Gasteiger partial charge in [-0.3, -0.25) is 4.57 Å². The second kappa shape index (κ2) is 5.28. The van der Waals surface area contributed by atoms with Gasteiger partial charge in [0.2, 0.25) is 0 Å². The van der Waals surface area contributed by atoms with Crippen molar-refractivity contribution in [1.29, 1.82) is 5.26 Å². The quantitative estimate of drug-likeness (QED) is 0.594. The molecule has 0 aromatic heterocycles. The molecule has 6 heteroatoms. The Morgan fingerprint density at radius 2 is 2.09 bits per heavy atom. The Hall–Kier alpha value is -0.400. The van der Waals surface area contributed by atoms with E-state index < -0.39 is 7.52 Å². The van der Waals surface area contributed by atoms with Gasteiger partial charge < -0.3 is 4.52 Å². The lowest BCUT2D eigenvalue weighted by Crippen LogP contribution is -2.09. The number of nitriles is 1. The van der Waals surface area contributed by atoms with Crippen molar-refractivity contribution in [3.05, 3.63) is 0 Å². The molecule has 0 fully saturated rings. The minimum atomic E-state index is -3.13. The molecule has 1 atom stereocenters. The van der Waals surface area contributed by atoms with Gasteiger partial charge in [-0.25, -0.2) is 4.67 Å². The zero-order valence-electron chi connectivity index (χ0n) is 6.81. The van der Waals surface area contributed by atoms with Crippen molar-refractivity contribution in [2.75, 3.05) is 20.7 Å². The highest BCUT2D eigenvalue weighted by molar-refractivity contribution is 7.61. The highest BCUT2D eigenvalue weighted by atomic mass is 31.2. The van der Waals surface area contributed by atoms with E-state index in [1.54, 1.807) is 26.8 Å². The van der Waals surface area contributed by atoms with Crippen molar-refractivity contribution in [1.82, 2.24) is 10.8 Å². The normalized spacial score (nSPS) is 14.8. The van der Waals surface area contributed by atoms with Gasteiger partial charge in [0, 0.05) is 6.15 Å². The predicted molar refractivity (Wildman–Crippen MR) is 40.7 cm³/mol. The first-order valence-electron chi connectivity index (χ1n) is 2.90. The van der Waals surface area contributed by atoms with E-state index in [1.807, 2.05) is 0 Å². The van der Waals surface area contributed by atoms with Gasteiger partial charge in [-0.15, -0.1) is 0 Å². The van der Waals surface area contributed by atoms with Crippen LogP contribution in [0.25, 0.3) is 0 Å². The van der Waals surface area contributed by atoms with E-state index in [4.69, 9.17) is 9.79 Å². The summed E-state index contributed by atoms with van der Waals surface area (Å²) in [6.45, 7) is 2.00. The molecule has 0 aliphatic heterocycles. The second-order valence-electron chi connectivity index (χ2n) is 1.89. The molecule has 0 aliphatic rings. The average Bonchev–Trinajstić information content (AvgIpc) is 1.88. The first-order valence-corrected chi connectivity index (χ1v) is 4.48. The molecule has 11 heavy (non-hydrogen) atoms. The van der Waals surface area contributed by atoms with Crippen LogP contribution in [0.5, 0.6) is 0 Å². The maximum absolute atomic E-state index is 11.2. The fourth-order valence-corrected chi connectivity index (χ4v) is 1.23. The predicted octanol–water partition coefficient (Wildman–Crippen LogP) is 0.778. The van der Waals surface area contributed by atoms with Gasteiger partial charge in [-0.05, 0) is 21.0 Å². The molecule has 0 saturated carbocycles. The van der Waals surface area contributed by atoms with Crippen LogP contribution in [-0.4, -0.2) is 25.4 Å². The number of nitrogens with zero attached hydrogens (tertiary/aromatic N) is 3. The number of rotatable bonds is 3. The highest BCUT2D eigenvalue weighted by Gasteiger charge is 2.24. The molecular formula is C5H11N3O2P. The summed E-state index contributed by atoms with van der Waals surface area (Å²) < 4.78 is 17.3. The van der Waals surface area contributed by atoms with Gasteiger partial charge in [-0.1, -0.05) is 0 Å². The van der Waals surface area contributed by atoms with Crippen molar-refractivity contribution >= 4 is 7.52 Å². The van der Waals surface area contributed by atoms with E-state index in [0.29, 0.717) is 6.61 Å². The van der Waals surface area contributed by atoms with E-state index in [-0.39, 0.29) is 6.15 Å². The monoisotopic (exact) mass is 176 g/mol. The molecule has 0 amide bonds. The summed E-state index contributed by atoms with van der Waals surface area (Å²) in [6, 6.07) is 0. The zero-order valence-corrected chi connectivity index (χ0v) is 7.71. The Balaban J connectivity index is 0. The molecule has 0 heterocycles. The van der Waals surface area contributed by atoms with E-state index in [2.05, 4.69) is 0 Å². The molecule has 0 rings (SSSR count). The van der Waals surface area contributed by atoms with Gasteiger partial charge in [-0.2, -0.15) is 5.26 Å². The number of hydrogen-bond acceptors (Lipinski definition) is 3. The number of hydrogen-bond donors (Lipinski definition) is 0. The van der Waals surface area contributed by atoms with Crippen molar-refractivity contribution < 1.29 is 9.09 Å². The van der Waals surface area contributed by atoms with Crippen LogP contribution in [0.15, 0.2) is 0 Å². The molecule has 0 saturated heterocycles. The zero-order chi connectivity index (χ0) is 8.20. The average molecular weight is 176 g/mol. The first-order chi connectivity index (χ1) is 4.56. The Morgan fingerprint density at radius 1 is 1.64 bits per heavy atom. The first kappa shape index (κ1) is 13.2. The fourth-order valence-electron chi connectivity index (χ4n) is 0.409.